The normalized spacial score (nSPS) is 27.6. The van der Waals surface area contributed by atoms with Gasteiger partial charge in [0.1, 0.15) is 0 Å². The summed E-state index contributed by atoms with van der Waals surface area (Å²) in [6, 6.07) is 4.92. The Morgan fingerprint density at radius 3 is 2.65 bits per heavy atom. The molecule has 0 atom stereocenters. The molecule has 1 fully saturated rings. The molecule has 0 unspecified atom stereocenters. The third kappa shape index (κ3) is 3.21. The van der Waals surface area contributed by atoms with E-state index in [0.29, 0.717) is 6.04 Å². The van der Waals surface area contributed by atoms with Gasteiger partial charge in [-0.1, -0.05) is 15.9 Å². The molecule has 5 heteroatoms. The summed E-state index contributed by atoms with van der Waals surface area (Å²) in [6.07, 6.45) is 4.05. The van der Waals surface area contributed by atoms with Gasteiger partial charge in [-0.15, -0.1) is 0 Å². The van der Waals surface area contributed by atoms with Crippen LogP contribution >= 0.6 is 31.9 Å². The highest BCUT2D eigenvalue weighted by Gasteiger charge is 2.27. The van der Waals surface area contributed by atoms with Crippen molar-refractivity contribution in [1.82, 2.24) is 4.90 Å². The Morgan fingerprint density at radius 2 is 1.90 bits per heavy atom. The SMILES string of the molecule is OC1CCC(N2CCNc3c(Br)cc(Br)cc3C2)CC1. The molecule has 3 nitrogen and oxygen atoms in total. The van der Waals surface area contributed by atoms with Crippen LogP contribution in [0.1, 0.15) is 31.2 Å². The van der Waals surface area contributed by atoms with E-state index in [4.69, 9.17) is 0 Å². The molecule has 1 heterocycles. The molecule has 3 rings (SSSR count). The van der Waals surface area contributed by atoms with Crippen molar-refractivity contribution in [3.8, 4) is 0 Å². The summed E-state index contributed by atoms with van der Waals surface area (Å²) in [5, 5.41) is 13.2. The van der Waals surface area contributed by atoms with Gasteiger partial charge in [0.2, 0.25) is 0 Å². The Bertz CT molecular complexity index is 487. The summed E-state index contributed by atoms with van der Waals surface area (Å²) in [5.74, 6) is 0. The van der Waals surface area contributed by atoms with Crippen LogP contribution in [-0.2, 0) is 6.54 Å². The number of anilines is 1. The maximum absolute atomic E-state index is 9.67. The molecule has 0 saturated heterocycles. The van der Waals surface area contributed by atoms with Gasteiger partial charge in [-0.3, -0.25) is 4.90 Å². The minimum Gasteiger partial charge on any atom is -0.393 e. The first kappa shape index (κ1) is 14.8. The molecule has 1 saturated carbocycles. The highest BCUT2D eigenvalue weighted by molar-refractivity contribution is 9.11. The maximum atomic E-state index is 9.67. The van der Waals surface area contributed by atoms with Crippen molar-refractivity contribution in [2.75, 3.05) is 18.4 Å². The van der Waals surface area contributed by atoms with Crippen LogP contribution in [0, 0.1) is 0 Å². The molecular weight excluding hydrogens is 384 g/mol. The fraction of sp³-hybridized carbons (Fsp3) is 0.600. The van der Waals surface area contributed by atoms with E-state index in [0.717, 1.165) is 54.3 Å². The fourth-order valence-corrected chi connectivity index (χ4v) is 4.76. The fourth-order valence-electron chi connectivity index (χ4n) is 3.31. The molecule has 0 spiro atoms. The van der Waals surface area contributed by atoms with Gasteiger partial charge < -0.3 is 10.4 Å². The quantitative estimate of drug-likeness (QED) is 0.749. The zero-order valence-corrected chi connectivity index (χ0v) is 14.6. The van der Waals surface area contributed by atoms with Crippen LogP contribution in [0.5, 0.6) is 0 Å². The number of rotatable bonds is 1. The van der Waals surface area contributed by atoms with Crippen LogP contribution in [0.2, 0.25) is 0 Å². The molecule has 110 valence electrons. The van der Waals surface area contributed by atoms with Crippen LogP contribution < -0.4 is 5.32 Å². The van der Waals surface area contributed by atoms with Crippen LogP contribution in [0.15, 0.2) is 21.1 Å². The number of aliphatic hydroxyl groups is 1. The van der Waals surface area contributed by atoms with Crippen LogP contribution in [-0.4, -0.2) is 35.2 Å². The standard InChI is InChI=1S/C15H20Br2N2O/c16-11-7-10-9-19(12-1-3-13(20)4-2-12)6-5-18-15(10)14(17)8-11/h7-8,12-13,18,20H,1-6,9H2. The smallest absolute Gasteiger partial charge is 0.0541 e. The molecule has 20 heavy (non-hydrogen) atoms. The Hall–Kier alpha value is -0.100. The van der Waals surface area contributed by atoms with Crippen molar-refractivity contribution in [1.29, 1.82) is 0 Å². The summed E-state index contributed by atoms with van der Waals surface area (Å²) in [5.41, 5.74) is 2.57. The third-order valence-electron chi connectivity index (χ3n) is 4.39. The highest BCUT2D eigenvalue weighted by atomic mass is 79.9. The summed E-state index contributed by atoms with van der Waals surface area (Å²) in [6.45, 7) is 3.03. The Kier molecular flexibility index (Phi) is 4.70. The topological polar surface area (TPSA) is 35.5 Å². The molecule has 1 aliphatic heterocycles. The zero-order chi connectivity index (χ0) is 14.1. The minimum atomic E-state index is -0.0769. The second-order valence-corrected chi connectivity index (χ2v) is 7.55. The lowest BCUT2D eigenvalue weighted by molar-refractivity contribution is 0.0729. The number of hydrogen-bond donors (Lipinski definition) is 2. The van der Waals surface area contributed by atoms with Gasteiger partial charge in [-0.05, 0) is 59.3 Å². The van der Waals surface area contributed by atoms with Gasteiger partial charge in [-0.25, -0.2) is 0 Å². The number of aliphatic hydroxyl groups excluding tert-OH is 1. The van der Waals surface area contributed by atoms with E-state index in [2.05, 4.69) is 54.2 Å². The largest absolute Gasteiger partial charge is 0.393 e. The van der Waals surface area contributed by atoms with Gasteiger partial charge in [-0.2, -0.15) is 0 Å². The van der Waals surface area contributed by atoms with Crippen molar-refractivity contribution in [3.05, 3.63) is 26.6 Å². The van der Waals surface area contributed by atoms with Gasteiger partial charge in [0.15, 0.2) is 0 Å². The van der Waals surface area contributed by atoms with E-state index in [1.165, 1.54) is 11.3 Å². The average molecular weight is 404 g/mol. The predicted molar refractivity (Wildman–Crippen MR) is 89.0 cm³/mol. The van der Waals surface area contributed by atoms with Gasteiger partial charge in [0.25, 0.3) is 0 Å². The number of fused-ring (bicyclic) bond motifs is 1. The Labute approximate surface area is 137 Å². The van der Waals surface area contributed by atoms with Gasteiger partial charge in [0.05, 0.1) is 11.8 Å². The number of nitrogens with one attached hydrogen (secondary N) is 1. The van der Waals surface area contributed by atoms with E-state index in [9.17, 15) is 5.11 Å². The molecule has 0 bridgehead atoms. The monoisotopic (exact) mass is 402 g/mol. The summed E-state index contributed by atoms with van der Waals surface area (Å²) in [4.78, 5) is 2.57. The second-order valence-electron chi connectivity index (χ2n) is 5.78. The first-order chi connectivity index (χ1) is 9.63. The lowest BCUT2D eigenvalue weighted by Crippen LogP contribution is -2.39. The first-order valence-corrected chi connectivity index (χ1v) is 8.86. The van der Waals surface area contributed by atoms with Crippen LogP contribution in [0.4, 0.5) is 5.69 Å². The average Bonchev–Trinajstić information content (AvgIpc) is 2.62. The maximum Gasteiger partial charge on any atom is 0.0541 e. The van der Waals surface area contributed by atoms with Gasteiger partial charge in [0, 0.05) is 34.6 Å². The second kappa shape index (κ2) is 6.34. The number of nitrogens with zero attached hydrogens (tertiary/aromatic N) is 1. The molecule has 1 aliphatic carbocycles. The van der Waals surface area contributed by atoms with Crippen molar-refractivity contribution in [3.63, 3.8) is 0 Å². The summed E-state index contributed by atoms with van der Waals surface area (Å²) in [7, 11) is 0. The number of halogens is 2. The first-order valence-electron chi connectivity index (χ1n) is 7.27. The van der Waals surface area contributed by atoms with Crippen molar-refractivity contribution < 1.29 is 5.11 Å². The lowest BCUT2D eigenvalue weighted by Gasteiger charge is -2.35. The molecule has 2 aliphatic rings. The lowest BCUT2D eigenvalue weighted by atomic mass is 9.91. The Balaban J connectivity index is 1.79. The van der Waals surface area contributed by atoms with Crippen molar-refractivity contribution >= 4 is 37.5 Å². The minimum absolute atomic E-state index is 0.0769. The number of hydrogen-bond acceptors (Lipinski definition) is 3. The molecule has 1 aromatic rings. The molecule has 0 amide bonds. The third-order valence-corrected chi connectivity index (χ3v) is 5.48. The van der Waals surface area contributed by atoms with E-state index in [1.54, 1.807) is 0 Å². The van der Waals surface area contributed by atoms with E-state index >= 15 is 0 Å². The molecule has 1 aromatic carbocycles. The summed E-state index contributed by atoms with van der Waals surface area (Å²) >= 11 is 7.23. The molecule has 0 radical (unpaired) electrons. The van der Waals surface area contributed by atoms with Crippen LogP contribution in [0.3, 0.4) is 0 Å². The molecular formula is C15H20Br2N2O. The highest BCUT2D eigenvalue weighted by Crippen LogP contribution is 2.34. The van der Waals surface area contributed by atoms with Crippen molar-refractivity contribution in [2.45, 2.75) is 44.4 Å². The van der Waals surface area contributed by atoms with E-state index in [1.807, 2.05) is 0 Å². The molecule has 0 aromatic heterocycles. The zero-order valence-electron chi connectivity index (χ0n) is 11.4. The van der Waals surface area contributed by atoms with Crippen LogP contribution in [0.25, 0.3) is 0 Å². The predicted octanol–water partition coefficient (Wildman–Crippen LogP) is 3.74. The Morgan fingerprint density at radius 1 is 1.15 bits per heavy atom. The van der Waals surface area contributed by atoms with Gasteiger partial charge >= 0.3 is 0 Å². The van der Waals surface area contributed by atoms with E-state index in [-0.39, 0.29) is 6.10 Å². The summed E-state index contributed by atoms with van der Waals surface area (Å²) < 4.78 is 2.24. The molecule has 2 N–H and O–H groups in total. The van der Waals surface area contributed by atoms with E-state index < -0.39 is 0 Å². The number of benzene rings is 1. The van der Waals surface area contributed by atoms with Crippen molar-refractivity contribution in [2.24, 2.45) is 0 Å².